The predicted octanol–water partition coefficient (Wildman–Crippen LogP) is 4.25. The van der Waals surface area contributed by atoms with E-state index in [-0.39, 0.29) is 5.82 Å². The molecule has 2 aromatic carbocycles. The molecule has 0 aliphatic rings. The van der Waals surface area contributed by atoms with Gasteiger partial charge in [0, 0.05) is 11.6 Å². The van der Waals surface area contributed by atoms with Crippen LogP contribution in [0.1, 0.15) is 29.7 Å². The van der Waals surface area contributed by atoms with E-state index in [1.807, 2.05) is 32.0 Å². The Labute approximate surface area is 113 Å². The second-order valence-electron chi connectivity index (χ2n) is 4.81. The van der Waals surface area contributed by atoms with Crippen molar-refractivity contribution in [2.45, 2.75) is 26.8 Å². The lowest BCUT2D eigenvalue weighted by Crippen LogP contribution is -2.09. The number of hydrogen-bond acceptors (Lipinski definition) is 2. The third-order valence-electron chi connectivity index (χ3n) is 3.03. The zero-order chi connectivity index (χ0) is 14.0. The lowest BCUT2D eigenvalue weighted by atomic mass is 10.1. The van der Waals surface area contributed by atoms with Crippen molar-refractivity contribution in [1.82, 2.24) is 0 Å². The molecule has 19 heavy (non-hydrogen) atoms. The van der Waals surface area contributed by atoms with E-state index < -0.39 is 6.04 Å². The molecular weight excluding hydrogens is 241 g/mol. The van der Waals surface area contributed by atoms with Crippen LogP contribution in [0.3, 0.4) is 0 Å². The van der Waals surface area contributed by atoms with Crippen LogP contribution in [0.4, 0.5) is 4.39 Å². The molecule has 2 rings (SSSR count). The van der Waals surface area contributed by atoms with Gasteiger partial charge in [0.2, 0.25) is 0 Å². The van der Waals surface area contributed by atoms with E-state index in [2.05, 4.69) is 0 Å². The quantitative estimate of drug-likeness (QED) is 0.894. The average Bonchev–Trinajstić information content (AvgIpc) is 2.33. The Bertz CT molecular complexity index is 593. The number of benzene rings is 2. The van der Waals surface area contributed by atoms with Crippen molar-refractivity contribution in [3.05, 3.63) is 58.9 Å². The second-order valence-corrected chi connectivity index (χ2v) is 4.81. The van der Waals surface area contributed by atoms with Crippen LogP contribution in [0.5, 0.6) is 11.5 Å². The third kappa shape index (κ3) is 2.93. The van der Waals surface area contributed by atoms with Crippen LogP contribution in [-0.4, -0.2) is 0 Å². The Morgan fingerprint density at radius 1 is 1.11 bits per heavy atom. The minimum atomic E-state index is -0.415. The molecule has 0 saturated carbocycles. The number of hydrogen-bond donors (Lipinski definition) is 1. The molecule has 0 heterocycles. The van der Waals surface area contributed by atoms with Crippen molar-refractivity contribution >= 4 is 0 Å². The summed E-state index contributed by atoms with van der Waals surface area (Å²) >= 11 is 0. The van der Waals surface area contributed by atoms with Gasteiger partial charge in [-0.15, -0.1) is 0 Å². The predicted molar refractivity (Wildman–Crippen MR) is 75.0 cm³/mol. The van der Waals surface area contributed by atoms with E-state index in [1.165, 1.54) is 6.07 Å². The van der Waals surface area contributed by atoms with Crippen LogP contribution >= 0.6 is 0 Å². The second kappa shape index (κ2) is 5.41. The van der Waals surface area contributed by atoms with Crippen LogP contribution < -0.4 is 10.5 Å². The van der Waals surface area contributed by atoms with E-state index in [4.69, 9.17) is 10.5 Å². The smallest absolute Gasteiger partial charge is 0.135 e. The number of aryl methyl sites for hydroxylation is 2. The maximum Gasteiger partial charge on any atom is 0.135 e. The number of halogens is 1. The van der Waals surface area contributed by atoms with Crippen molar-refractivity contribution in [2.24, 2.45) is 5.73 Å². The zero-order valence-corrected chi connectivity index (χ0v) is 11.4. The van der Waals surface area contributed by atoms with Crippen molar-refractivity contribution in [3.8, 4) is 11.5 Å². The summed E-state index contributed by atoms with van der Waals surface area (Å²) in [5, 5.41) is 0. The highest BCUT2D eigenvalue weighted by Crippen LogP contribution is 2.32. The fraction of sp³-hybridized carbons (Fsp3) is 0.250. The van der Waals surface area contributed by atoms with E-state index in [9.17, 15) is 4.39 Å². The van der Waals surface area contributed by atoms with Gasteiger partial charge < -0.3 is 10.5 Å². The molecule has 0 bridgehead atoms. The Morgan fingerprint density at radius 2 is 1.84 bits per heavy atom. The van der Waals surface area contributed by atoms with Gasteiger partial charge >= 0.3 is 0 Å². The van der Waals surface area contributed by atoms with E-state index in [1.54, 1.807) is 19.1 Å². The monoisotopic (exact) mass is 259 g/mol. The normalized spacial score (nSPS) is 12.3. The Morgan fingerprint density at radius 3 is 2.53 bits per heavy atom. The highest BCUT2D eigenvalue weighted by atomic mass is 19.1. The summed E-state index contributed by atoms with van der Waals surface area (Å²) in [7, 11) is 0. The van der Waals surface area contributed by atoms with Gasteiger partial charge in [-0.05, 0) is 50.1 Å². The lowest BCUT2D eigenvalue weighted by Gasteiger charge is -2.16. The molecule has 0 unspecified atom stereocenters. The molecule has 0 amide bonds. The van der Waals surface area contributed by atoms with Crippen LogP contribution in [0, 0.1) is 19.7 Å². The van der Waals surface area contributed by atoms with Crippen LogP contribution in [0.15, 0.2) is 36.4 Å². The molecule has 0 aliphatic carbocycles. The molecule has 0 aromatic heterocycles. The summed E-state index contributed by atoms with van der Waals surface area (Å²) in [5.41, 5.74) is 8.32. The van der Waals surface area contributed by atoms with Crippen molar-refractivity contribution in [2.75, 3.05) is 0 Å². The van der Waals surface area contributed by atoms with Gasteiger partial charge in [-0.2, -0.15) is 0 Å². The Hall–Kier alpha value is -1.87. The van der Waals surface area contributed by atoms with Gasteiger partial charge in [-0.3, -0.25) is 0 Å². The lowest BCUT2D eigenvalue weighted by molar-refractivity contribution is 0.457. The third-order valence-corrected chi connectivity index (χ3v) is 3.03. The van der Waals surface area contributed by atoms with Crippen LogP contribution in [0.25, 0.3) is 0 Å². The Balaban J connectivity index is 2.44. The first-order chi connectivity index (χ1) is 8.99. The van der Waals surface area contributed by atoms with Crippen molar-refractivity contribution in [3.63, 3.8) is 0 Å². The SMILES string of the molecule is Cc1ccc(C)c(Oc2cccc(F)c2[C@H](C)N)c1. The molecule has 0 spiro atoms. The first-order valence-corrected chi connectivity index (χ1v) is 6.28. The van der Waals surface area contributed by atoms with Gasteiger partial charge in [-0.1, -0.05) is 18.2 Å². The summed E-state index contributed by atoms with van der Waals surface area (Å²) in [6.45, 7) is 5.69. The minimum Gasteiger partial charge on any atom is -0.457 e. The maximum absolute atomic E-state index is 13.8. The topological polar surface area (TPSA) is 35.2 Å². The molecule has 2 nitrogen and oxygen atoms in total. The zero-order valence-electron chi connectivity index (χ0n) is 11.4. The average molecular weight is 259 g/mol. The molecule has 2 aromatic rings. The van der Waals surface area contributed by atoms with E-state index in [0.29, 0.717) is 11.3 Å². The molecule has 1 atom stereocenters. The molecule has 0 radical (unpaired) electrons. The highest BCUT2D eigenvalue weighted by Gasteiger charge is 2.14. The molecule has 0 aliphatic heterocycles. The number of rotatable bonds is 3. The fourth-order valence-corrected chi connectivity index (χ4v) is 1.98. The van der Waals surface area contributed by atoms with Crippen molar-refractivity contribution < 1.29 is 9.13 Å². The molecular formula is C16H18FNO. The van der Waals surface area contributed by atoms with Gasteiger partial charge in [0.1, 0.15) is 17.3 Å². The fourth-order valence-electron chi connectivity index (χ4n) is 1.98. The summed E-state index contributed by atoms with van der Waals surface area (Å²) in [5.74, 6) is 0.869. The number of nitrogens with two attached hydrogens (primary N) is 1. The van der Waals surface area contributed by atoms with Gasteiger partial charge in [-0.25, -0.2) is 4.39 Å². The maximum atomic E-state index is 13.8. The molecule has 2 N–H and O–H groups in total. The molecule has 0 fully saturated rings. The van der Waals surface area contributed by atoms with Crippen molar-refractivity contribution in [1.29, 1.82) is 0 Å². The first kappa shape index (κ1) is 13.6. The highest BCUT2D eigenvalue weighted by molar-refractivity contribution is 5.43. The van der Waals surface area contributed by atoms with Crippen LogP contribution in [0.2, 0.25) is 0 Å². The minimum absolute atomic E-state index is 0.335. The van der Waals surface area contributed by atoms with E-state index in [0.717, 1.165) is 16.9 Å². The first-order valence-electron chi connectivity index (χ1n) is 6.28. The summed E-state index contributed by atoms with van der Waals surface area (Å²) in [4.78, 5) is 0. The standard InChI is InChI=1S/C16H18FNO/c1-10-7-8-11(2)15(9-10)19-14-6-4-5-13(17)16(14)12(3)18/h4-9,12H,18H2,1-3H3/t12-/m0/s1. The molecule has 100 valence electrons. The van der Waals surface area contributed by atoms with Crippen LogP contribution in [-0.2, 0) is 0 Å². The largest absolute Gasteiger partial charge is 0.457 e. The Kier molecular flexibility index (Phi) is 3.86. The molecule has 0 saturated heterocycles. The molecule has 3 heteroatoms. The number of ether oxygens (including phenoxy) is 1. The summed E-state index contributed by atoms with van der Waals surface area (Å²) in [6, 6.07) is 10.3. The van der Waals surface area contributed by atoms with E-state index >= 15 is 0 Å². The summed E-state index contributed by atoms with van der Waals surface area (Å²) in [6.07, 6.45) is 0. The summed E-state index contributed by atoms with van der Waals surface area (Å²) < 4.78 is 19.7. The van der Waals surface area contributed by atoms with Gasteiger partial charge in [0.15, 0.2) is 0 Å². The van der Waals surface area contributed by atoms with Gasteiger partial charge in [0.05, 0.1) is 0 Å². The van der Waals surface area contributed by atoms with Gasteiger partial charge in [0.25, 0.3) is 0 Å².